The quantitative estimate of drug-likeness (QED) is 0.543. The lowest BCUT2D eigenvalue weighted by Gasteiger charge is -2.08. The summed E-state index contributed by atoms with van der Waals surface area (Å²) in [4.78, 5) is 12.9. The van der Waals surface area contributed by atoms with Crippen molar-refractivity contribution < 1.29 is 17.9 Å². The molecule has 0 bridgehead atoms. The van der Waals surface area contributed by atoms with Gasteiger partial charge in [-0.05, 0) is 36.1 Å². The molecule has 0 aliphatic rings. The molecule has 0 spiro atoms. The largest absolute Gasteiger partial charge is 0.461 e. The van der Waals surface area contributed by atoms with Crippen LogP contribution in [0, 0.1) is 0 Å². The van der Waals surface area contributed by atoms with Crippen LogP contribution < -0.4 is 4.72 Å². The molecule has 0 aromatic heterocycles. The number of nitrogens with one attached hydrogen (secondary N) is 1. The van der Waals surface area contributed by atoms with Gasteiger partial charge in [-0.25, -0.2) is 13.1 Å². The first kappa shape index (κ1) is 19.8. The van der Waals surface area contributed by atoms with Gasteiger partial charge in [-0.3, -0.25) is 4.79 Å². The topological polar surface area (TPSA) is 72.5 Å². The minimum atomic E-state index is -3.75. The lowest BCUT2D eigenvalue weighted by Crippen LogP contribution is -2.27. The molecule has 8 heteroatoms. The molecule has 2 aromatic carbocycles. The van der Waals surface area contributed by atoms with E-state index in [9.17, 15) is 13.2 Å². The van der Waals surface area contributed by atoms with Gasteiger partial charge in [0.25, 0.3) is 0 Å². The minimum absolute atomic E-state index is 0.0149. The van der Waals surface area contributed by atoms with Crippen LogP contribution >= 0.6 is 23.4 Å². The molecule has 134 valence electrons. The van der Waals surface area contributed by atoms with Crippen LogP contribution in [0.3, 0.4) is 0 Å². The second-order valence-electron chi connectivity index (χ2n) is 5.09. The van der Waals surface area contributed by atoms with Gasteiger partial charge in [-0.1, -0.05) is 35.9 Å². The summed E-state index contributed by atoms with van der Waals surface area (Å²) in [5.41, 5.74) is 0.878. The maximum atomic E-state index is 12.1. The second-order valence-corrected chi connectivity index (χ2v) is 8.11. The third kappa shape index (κ3) is 6.04. The van der Waals surface area contributed by atoms with Crippen LogP contribution in [0.15, 0.2) is 58.3 Å². The van der Waals surface area contributed by atoms with E-state index in [2.05, 4.69) is 4.72 Å². The molecular formula is C17H18ClNO4S2. The van der Waals surface area contributed by atoms with E-state index in [1.54, 1.807) is 23.9 Å². The third-order valence-corrected chi connectivity index (χ3v) is 6.01. The Hall–Kier alpha value is -1.54. The van der Waals surface area contributed by atoms with Gasteiger partial charge >= 0.3 is 5.97 Å². The zero-order valence-corrected chi connectivity index (χ0v) is 16.0. The van der Waals surface area contributed by atoms with Crippen molar-refractivity contribution in [2.45, 2.75) is 22.8 Å². The first-order chi connectivity index (χ1) is 11.9. The van der Waals surface area contributed by atoms with E-state index >= 15 is 0 Å². The minimum Gasteiger partial charge on any atom is -0.461 e. The normalized spacial score (nSPS) is 11.3. The van der Waals surface area contributed by atoms with Crippen LogP contribution in [0.25, 0.3) is 0 Å². The number of sulfonamides is 1. The molecule has 0 radical (unpaired) electrons. The third-order valence-electron chi connectivity index (χ3n) is 3.31. The number of hydrogen-bond acceptors (Lipinski definition) is 5. The smallest absolute Gasteiger partial charge is 0.307 e. The number of carbonyl (C=O) groups is 1. The summed E-state index contributed by atoms with van der Waals surface area (Å²) in [6, 6.07) is 13.8. The second kappa shape index (κ2) is 9.24. The monoisotopic (exact) mass is 399 g/mol. The summed E-state index contributed by atoms with van der Waals surface area (Å²) in [7, 11) is -3.75. The summed E-state index contributed by atoms with van der Waals surface area (Å²) in [5, 5.41) is 0.131. The Kier molecular flexibility index (Phi) is 7.31. The van der Waals surface area contributed by atoms with Crippen molar-refractivity contribution in [3.63, 3.8) is 0 Å². The molecule has 25 heavy (non-hydrogen) atoms. The summed E-state index contributed by atoms with van der Waals surface area (Å²) in [6.45, 7) is 0.0998. The van der Waals surface area contributed by atoms with Gasteiger partial charge in [-0.2, -0.15) is 0 Å². The molecule has 2 rings (SSSR count). The molecule has 0 saturated heterocycles. The standard InChI is InChI=1S/C17H18ClNO4S2/c1-24-14-8-6-13(7-9-14)12-23-17(20)10-11-19-25(21,22)16-5-3-2-4-15(16)18/h2-9,19H,10-12H2,1H3. The van der Waals surface area contributed by atoms with Gasteiger partial charge in [0, 0.05) is 11.4 Å². The SMILES string of the molecule is CSc1ccc(COC(=O)CCNS(=O)(=O)c2ccccc2Cl)cc1. The molecule has 2 aromatic rings. The van der Waals surface area contributed by atoms with Gasteiger partial charge in [0.05, 0.1) is 11.4 Å². The maximum absolute atomic E-state index is 12.1. The number of hydrogen-bond donors (Lipinski definition) is 1. The molecular weight excluding hydrogens is 382 g/mol. The molecule has 0 saturated carbocycles. The Morgan fingerprint density at radius 2 is 1.84 bits per heavy atom. The molecule has 1 N–H and O–H groups in total. The number of halogens is 1. The fourth-order valence-electron chi connectivity index (χ4n) is 1.99. The Morgan fingerprint density at radius 3 is 2.48 bits per heavy atom. The lowest BCUT2D eigenvalue weighted by molar-refractivity contribution is -0.144. The van der Waals surface area contributed by atoms with Crippen molar-refractivity contribution >= 4 is 39.4 Å². The average Bonchev–Trinajstić information content (AvgIpc) is 2.60. The fraction of sp³-hybridized carbons (Fsp3) is 0.235. The van der Waals surface area contributed by atoms with Crippen molar-refractivity contribution in [2.75, 3.05) is 12.8 Å². The molecule has 5 nitrogen and oxygen atoms in total. The van der Waals surface area contributed by atoms with Crippen LogP contribution in [0.1, 0.15) is 12.0 Å². The number of rotatable bonds is 8. The lowest BCUT2D eigenvalue weighted by atomic mass is 10.2. The van der Waals surface area contributed by atoms with E-state index in [1.807, 2.05) is 30.5 Å². The highest BCUT2D eigenvalue weighted by Gasteiger charge is 2.17. The van der Waals surface area contributed by atoms with E-state index in [-0.39, 0.29) is 29.5 Å². The highest BCUT2D eigenvalue weighted by Crippen LogP contribution is 2.20. The van der Waals surface area contributed by atoms with Crippen LogP contribution in [0.2, 0.25) is 5.02 Å². The van der Waals surface area contributed by atoms with Gasteiger partial charge < -0.3 is 4.74 Å². The fourth-order valence-corrected chi connectivity index (χ4v) is 3.94. The van der Waals surface area contributed by atoms with E-state index in [4.69, 9.17) is 16.3 Å². The summed E-state index contributed by atoms with van der Waals surface area (Å²) in [6.07, 6.45) is 1.92. The molecule has 0 aliphatic carbocycles. The summed E-state index contributed by atoms with van der Waals surface area (Å²) in [5.74, 6) is -0.476. The Morgan fingerprint density at radius 1 is 1.16 bits per heavy atom. The molecule has 0 aliphatic heterocycles. The van der Waals surface area contributed by atoms with E-state index in [1.165, 1.54) is 12.1 Å². The van der Waals surface area contributed by atoms with Crippen LogP contribution in [-0.4, -0.2) is 27.2 Å². The molecule has 0 atom stereocenters. The predicted molar refractivity (Wildman–Crippen MR) is 99.3 cm³/mol. The first-order valence-corrected chi connectivity index (χ1v) is 10.5. The van der Waals surface area contributed by atoms with Crippen LogP contribution in [-0.2, 0) is 26.2 Å². The van der Waals surface area contributed by atoms with E-state index in [0.717, 1.165) is 10.5 Å². The zero-order chi connectivity index (χ0) is 18.3. The van der Waals surface area contributed by atoms with Gasteiger partial charge in [0.15, 0.2) is 0 Å². The number of benzene rings is 2. The highest BCUT2D eigenvalue weighted by atomic mass is 35.5. The van der Waals surface area contributed by atoms with Gasteiger partial charge in [-0.15, -0.1) is 11.8 Å². The first-order valence-electron chi connectivity index (χ1n) is 7.45. The van der Waals surface area contributed by atoms with Crippen molar-refractivity contribution in [1.29, 1.82) is 0 Å². The van der Waals surface area contributed by atoms with E-state index < -0.39 is 16.0 Å². The van der Waals surface area contributed by atoms with Crippen molar-refractivity contribution in [1.82, 2.24) is 4.72 Å². The summed E-state index contributed by atoms with van der Waals surface area (Å²) >= 11 is 7.51. The average molecular weight is 400 g/mol. The Balaban J connectivity index is 1.79. The van der Waals surface area contributed by atoms with Crippen molar-refractivity contribution in [3.05, 3.63) is 59.1 Å². The molecule has 0 amide bonds. The molecule has 0 heterocycles. The predicted octanol–water partition coefficient (Wildman–Crippen LogP) is 3.47. The maximum Gasteiger partial charge on any atom is 0.307 e. The number of esters is 1. The molecule has 0 unspecified atom stereocenters. The van der Waals surface area contributed by atoms with Crippen molar-refractivity contribution in [2.24, 2.45) is 0 Å². The molecule has 0 fully saturated rings. The zero-order valence-electron chi connectivity index (χ0n) is 13.6. The van der Waals surface area contributed by atoms with Gasteiger partial charge in [0.2, 0.25) is 10.0 Å². The van der Waals surface area contributed by atoms with Crippen LogP contribution in [0.5, 0.6) is 0 Å². The highest BCUT2D eigenvalue weighted by molar-refractivity contribution is 7.98. The Labute approximate surface area is 156 Å². The van der Waals surface area contributed by atoms with Crippen LogP contribution in [0.4, 0.5) is 0 Å². The van der Waals surface area contributed by atoms with E-state index in [0.29, 0.717) is 0 Å². The Bertz CT molecular complexity index is 823. The van der Waals surface area contributed by atoms with Gasteiger partial charge in [0.1, 0.15) is 11.5 Å². The van der Waals surface area contributed by atoms with Crippen molar-refractivity contribution in [3.8, 4) is 0 Å². The number of thioether (sulfide) groups is 1. The number of ether oxygens (including phenoxy) is 1. The summed E-state index contributed by atoms with van der Waals surface area (Å²) < 4.78 is 31.7. The number of carbonyl (C=O) groups excluding carboxylic acids is 1.